The molecule has 168 valence electrons. The summed E-state index contributed by atoms with van der Waals surface area (Å²) in [4.78, 5) is 16.9. The van der Waals surface area contributed by atoms with Gasteiger partial charge in [0.2, 0.25) is 5.95 Å². The van der Waals surface area contributed by atoms with E-state index < -0.39 is 0 Å². The molecular weight excluding hydrogens is 422 g/mol. The Labute approximate surface area is 192 Å². The molecule has 0 bridgehead atoms. The zero-order valence-electron chi connectivity index (χ0n) is 18.3. The van der Waals surface area contributed by atoms with Crippen LogP contribution in [0.2, 0.25) is 0 Å². The maximum Gasteiger partial charge on any atom is 0.253 e. The molecule has 0 saturated carbocycles. The van der Waals surface area contributed by atoms with E-state index in [9.17, 15) is 4.79 Å². The molecule has 0 atom stereocenters. The number of nitrogens with zero attached hydrogens (tertiary/aromatic N) is 5. The smallest absolute Gasteiger partial charge is 0.253 e. The third kappa shape index (κ3) is 4.70. The highest BCUT2D eigenvalue weighted by atomic mass is 32.2. The quantitative estimate of drug-likeness (QED) is 0.495. The number of carbonyl (C=O) groups excluding carboxylic acids is 1. The molecule has 2 aromatic heterocycles. The second-order valence-electron chi connectivity index (χ2n) is 8.48. The van der Waals surface area contributed by atoms with Crippen molar-refractivity contribution >= 4 is 23.6 Å². The van der Waals surface area contributed by atoms with Crippen molar-refractivity contribution in [2.24, 2.45) is 0 Å². The van der Waals surface area contributed by atoms with Crippen molar-refractivity contribution in [1.29, 1.82) is 0 Å². The number of thioether (sulfide) groups is 1. The Hall–Kier alpha value is -2.74. The predicted molar refractivity (Wildman–Crippen MR) is 125 cm³/mol. The first kappa shape index (κ1) is 21.1. The van der Waals surface area contributed by atoms with Gasteiger partial charge in [-0.15, -0.1) is 10.2 Å². The summed E-state index contributed by atoms with van der Waals surface area (Å²) in [5.41, 5.74) is 1.94. The number of hydrogen-bond donors (Lipinski definition) is 0. The summed E-state index contributed by atoms with van der Waals surface area (Å²) < 4.78 is 7.77. The molecule has 2 fully saturated rings. The average Bonchev–Trinajstić information content (AvgIpc) is 3.61. The first-order chi connectivity index (χ1) is 15.8. The summed E-state index contributed by atoms with van der Waals surface area (Å²) in [5.74, 6) is 2.74. The van der Waals surface area contributed by atoms with E-state index in [1.165, 1.54) is 24.8 Å². The highest BCUT2D eigenvalue weighted by molar-refractivity contribution is 7.98. The number of carbonyl (C=O) groups is 1. The lowest BCUT2D eigenvalue weighted by molar-refractivity contribution is 0.0793. The van der Waals surface area contributed by atoms with Gasteiger partial charge in [0.25, 0.3) is 5.91 Å². The first-order valence-corrected chi connectivity index (χ1v) is 12.5. The van der Waals surface area contributed by atoms with Crippen LogP contribution in [0, 0.1) is 0 Å². The molecule has 1 amide bonds. The van der Waals surface area contributed by atoms with Crippen molar-refractivity contribution < 1.29 is 9.21 Å². The molecule has 4 heterocycles. The van der Waals surface area contributed by atoms with Crippen LogP contribution in [0.3, 0.4) is 0 Å². The number of likely N-dealkylation sites (tertiary alicyclic amines) is 1. The Morgan fingerprint density at radius 3 is 2.41 bits per heavy atom. The van der Waals surface area contributed by atoms with E-state index in [2.05, 4.69) is 31.8 Å². The Morgan fingerprint density at radius 2 is 1.69 bits per heavy atom. The standard InChI is InChI=1S/C24H29N5O2S/c30-22(27-12-4-5-13-27)20-10-8-19(9-11-20)18-32-24-26-25-23(28-14-2-1-3-15-28)29(24)17-21-7-6-16-31-21/h6-11,16H,1-5,12-15,17-18H2. The molecule has 3 aromatic rings. The Balaban J connectivity index is 1.29. The number of furan rings is 1. The fourth-order valence-corrected chi connectivity index (χ4v) is 5.30. The van der Waals surface area contributed by atoms with Crippen molar-refractivity contribution in [3.05, 3.63) is 59.5 Å². The summed E-state index contributed by atoms with van der Waals surface area (Å²) >= 11 is 1.67. The van der Waals surface area contributed by atoms with Gasteiger partial charge >= 0.3 is 0 Å². The highest BCUT2D eigenvalue weighted by Crippen LogP contribution is 2.28. The lowest BCUT2D eigenvalue weighted by Crippen LogP contribution is -2.32. The average molecular weight is 452 g/mol. The molecule has 32 heavy (non-hydrogen) atoms. The number of piperidine rings is 1. The van der Waals surface area contributed by atoms with Crippen molar-refractivity contribution in [3.8, 4) is 0 Å². The minimum absolute atomic E-state index is 0.145. The van der Waals surface area contributed by atoms with Gasteiger partial charge < -0.3 is 14.2 Å². The van der Waals surface area contributed by atoms with E-state index in [0.29, 0.717) is 6.54 Å². The normalized spacial score (nSPS) is 16.6. The molecule has 0 unspecified atom stereocenters. The van der Waals surface area contributed by atoms with Crippen molar-refractivity contribution in [2.45, 2.75) is 49.6 Å². The van der Waals surface area contributed by atoms with Gasteiger partial charge in [0.05, 0.1) is 12.8 Å². The largest absolute Gasteiger partial charge is 0.467 e. The third-order valence-corrected chi connectivity index (χ3v) is 7.23. The second kappa shape index (κ2) is 9.81. The number of anilines is 1. The van der Waals surface area contributed by atoms with Crippen LogP contribution in [-0.4, -0.2) is 51.8 Å². The van der Waals surface area contributed by atoms with Gasteiger partial charge in [-0.2, -0.15) is 0 Å². The van der Waals surface area contributed by atoms with Crippen molar-refractivity contribution in [3.63, 3.8) is 0 Å². The van der Waals surface area contributed by atoms with Crippen LogP contribution in [0.5, 0.6) is 0 Å². The molecule has 8 heteroatoms. The maximum atomic E-state index is 12.6. The van der Waals surface area contributed by atoms with Crippen molar-refractivity contribution in [1.82, 2.24) is 19.7 Å². The third-order valence-electron chi connectivity index (χ3n) is 6.19. The van der Waals surface area contributed by atoms with Gasteiger partial charge in [0.15, 0.2) is 5.16 Å². The summed E-state index contributed by atoms with van der Waals surface area (Å²) in [6, 6.07) is 11.9. The number of amides is 1. The fraction of sp³-hybridized carbons (Fsp3) is 0.458. The van der Waals surface area contributed by atoms with Gasteiger partial charge in [0.1, 0.15) is 5.76 Å². The zero-order valence-corrected chi connectivity index (χ0v) is 19.1. The Kier molecular flexibility index (Phi) is 6.48. The van der Waals surface area contributed by atoms with Gasteiger partial charge in [-0.1, -0.05) is 23.9 Å². The minimum atomic E-state index is 0.145. The number of hydrogen-bond acceptors (Lipinski definition) is 6. The van der Waals surface area contributed by atoms with Crippen LogP contribution in [0.15, 0.2) is 52.2 Å². The van der Waals surface area contributed by atoms with E-state index in [1.54, 1.807) is 18.0 Å². The predicted octanol–water partition coefficient (Wildman–Crippen LogP) is 4.44. The maximum absolute atomic E-state index is 12.6. The van der Waals surface area contributed by atoms with Crippen LogP contribution >= 0.6 is 11.8 Å². The molecule has 7 nitrogen and oxygen atoms in total. The van der Waals surface area contributed by atoms with E-state index in [1.807, 2.05) is 29.2 Å². The van der Waals surface area contributed by atoms with Gasteiger partial charge in [-0.3, -0.25) is 9.36 Å². The van der Waals surface area contributed by atoms with E-state index in [-0.39, 0.29) is 5.91 Å². The van der Waals surface area contributed by atoms with Gasteiger partial charge in [-0.05, 0) is 61.9 Å². The zero-order chi connectivity index (χ0) is 21.8. The molecule has 0 N–H and O–H groups in total. The van der Waals surface area contributed by atoms with Crippen LogP contribution in [0.1, 0.15) is 53.8 Å². The monoisotopic (exact) mass is 451 g/mol. The molecule has 2 saturated heterocycles. The molecule has 0 aliphatic carbocycles. The molecule has 2 aliphatic heterocycles. The topological polar surface area (TPSA) is 67.4 Å². The highest BCUT2D eigenvalue weighted by Gasteiger charge is 2.22. The number of aromatic nitrogens is 3. The Bertz CT molecular complexity index is 1020. The molecular formula is C24H29N5O2S. The summed E-state index contributed by atoms with van der Waals surface area (Å²) in [6.45, 7) is 4.42. The lowest BCUT2D eigenvalue weighted by Gasteiger charge is -2.27. The Morgan fingerprint density at radius 1 is 0.938 bits per heavy atom. The first-order valence-electron chi connectivity index (χ1n) is 11.5. The fourth-order valence-electron chi connectivity index (χ4n) is 4.41. The molecule has 0 radical (unpaired) electrons. The van der Waals surface area contributed by atoms with Crippen LogP contribution in [0.4, 0.5) is 5.95 Å². The number of rotatable bonds is 7. The summed E-state index contributed by atoms with van der Waals surface area (Å²) in [7, 11) is 0. The molecule has 2 aliphatic rings. The summed E-state index contributed by atoms with van der Waals surface area (Å²) in [5, 5.41) is 9.95. The van der Waals surface area contributed by atoms with E-state index in [0.717, 1.165) is 67.2 Å². The van der Waals surface area contributed by atoms with Crippen LogP contribution < -0.4 is 4.90 Å². The molecule has 0 spiro atoms. The van der Waals surface area contributed by atoms with Crippen LogP contribution in [0.25, 0.3) is 0 Å². The second-order valence-corrected chi connectivity index (χ2v) is 9.42. The van der Waals surface area contributed by atoms with Crippen molar-refractivity contribution in [2.75, 3.05) is 31.1 Å². The summed E-state index contributed by atoms with van der Waals surface area (Å²) in [6.07, 6.45) is 7.59. The van der Waals surface area contributed by atoms with Crippen LogP contribution in [-0.2, 0) is 12.3 Å². The van der Waals surface area contributed by atoms with Gasteiger partial charge in [0, 0.05) is 37.5 Å². The minimum Gasteiger partial charge on any atom is -0.467 e. The molecule has 1 aromatic carbocycles. The molecule has 5 rings (SSSR count). The number of benzene rings is 1. The lowest BCUT2D eigenvalue weighted by atomic mass is 10.1. The SMILES string of the molecule is O=C(c1ccc(CSc2nnc(N3CCCCC3)n2Cc2ccco2)cc1)N1CCCC1. The van der Waals surface area contributed by atoms with E-state index >= 15 is 0 Å². The van der Waals surface area contributed by atoms with Gasteiger partial charge in [-0.25, -0.2) is 0 Å². The van der Waals surface area contributed by atoms with E-state index in [4.69, 9.17) is 4.42 Å².